The number of hydrogen-bond donors (Lipinski definition) is 2. The Balaban J connectivity index is 1.87. The van der Waals surface area contributed by atoms with Crippen LogP contribution in [0.4, 0.5) is 13.2 Å². The zero-order chi connectivity index (χ0) is 15.5. The van der Waals surface area contributed by atoms with Gasteiger partial charge in [0.2, 0.25) is 5.91 Å². The van der Waals surface area contributed by atoms with E-state index in [0.29, 0.717) is 19.4 Å². The van der Waals surface area contributed by atoms with Crippen LogP contribution < -0.4 is 5.32 Å². The minimum Gasteiger partial charge on any atom is -0.396 e. The van der Waals surface area contributed by atoms with Gasteiger partial charge in [-0.15, -0.1) is 0 Å². The number of ether oxygens (including phenoxy) is 2. The largest absolute Gasteiger partial charge is 0.400 e. The Kier molecular flexibility index (Phi) is 5.45. The van der Waals surface area contributed by atoms with E-state index in [1.54, 1.807) is 0 Å². The number of alkyl halides is 3. The highest BCUT2D eigenvalue weighted by molar-refractivity contribution is 5.79. The van der Waals surface area contributed by atoms with Gasteiger partial charge in [0.25, 0.3) is 0 Å². The number of rotatable bonds is 5. The first kappa shape index (κ1) is 16.5. The molecule has 2 aliphatic rings. The zero-order valence-electron chi connectivity index (χ0n) is 11.6. The van der Waals surface area contributed by atoms with Crippen molar-refractivity contribution in [2.45, 2.75) is 37.6 Å². The second-order valence-electron chi connectivity index (χ2n) is 5.62. The molecule has 0 radical (unpaired) electrons. The van der Waals surface area contributed by atoms with Crippen LogP contribution in [0.3, 0.4) is 0 Å². The van der Waals surface area contributed by atoms with E-state index < -0.39 is 30.5 Å². The van der Waals surface area contributed by atoms with Crippen LogP contribution in [0.15, 0.2) is 0 Å². The first-order valence-electron chi connectivity index (χ1n) is 7.07. The van der Waals surface area contributed by atoms with Gasteiger partial charge in [-0.25, -0.2) is 0 Å². The maximum absolute atomic E-state index is 13.0. The molecule has 0 aromatic carbocycles. The van der Waals surface area contributed by atoms with Gasteiger partial charge in [-0.05, 0) is 25.2 Å². The number of aliphatic hydroxyl groups excluding tert-OH is 1. The molecule has 2 rings (SSSR count). The molecule has 122 valence electrons. The predicted molar refractivity (Wildman–Crippen MR) is 66.5 cm³/mol. The molecule has 1 heterocycles. The number of amides is 1. The van der Waals surface area contributed by atoms with E-state index in [4.69, 9.17) is 14.6 Å². The Hall–Kier alpha value is -0.860. The van der Waals surface area contributed by atoms with E-state index in [-0.39, 0.29) is 31.8 Å². The minimum absolute atomic E-state index is 0.00230. The van der Waals surface area contributed by atoms with Gasteiger partial charge in [0.05, 0.1) is 25.9 Å². The third-order valence-corrected chi connectivity index (χ3v) is 3.94. The highest BCUT2D eigenvalue weighted by Gasteiger charge is 2.47. The minimum atomic E-state index is -4.61. The molecule has 0 spiro atoms. The van der Waals surface area contributed by atoms with Crippen molar-refractivity contribution < 1.29 is 32.5 Å². The predicted octanol–water partition coefficient (Wildman–Crippen LogP) is 0.857. The fourth-order valence-electron chi connectivity index (χ4n) is 2.63. The number of aliphatic hydroxyl groups is 1. The van der Waals surface area contributed by atoms with Crippen molar-refractivity contribution in [3.05, 3.63) is 0 Å². The first-order chi connectivity index (χ1) is 9.90. The van der Waals surface area contributed by atoms with Gasteiger partial charge in [0.1, 0.15) is 5.92 Å². The van der Waals surface area contributed by atoms with E-state index in [2.05, 4.69) is 5.32 Å². The molecule has 0 aromatic rings. The van der Waals surface area contributed by atoms with Crippen LogP contribution in [-0.4, -0.2) is 55.8 Å². The summed E-state index contributed by atoms with van der Waals surface area (Å²) in [5.41, 5.74) is 0. The highest BCUT2D eigenvalue weighted by atomic mass is 19.4. The van der Waals surface area contributed by atoms with Crippen molar-refractivity contribution in [3.63, 3.8) is 0 Å². The molecule has 1 amide bonds. The Labute approximate surface area is 120 Å². The summed E-state index contributed by atoms with van der Waals surface area (Å²) in [6.07, 6.45) is -4.69. The van der Waals surface area contributed by atoms with E-state index in [1.165, 1.54) is 0 Å². The molecule has 8 heteroatoms. The smallest absolute Gasteiger partial charge is 0.396 e. The number of hydrogen-bond acceptors (Lipinski definition) is 4. The van der Waals surface area contributed by atoms with Crippen LogP contribution in [0.1, 0.15) is 19.3 Å². The summed E-state index contributed by atoms with van der Waals surface area (Å²) < 4.78 is 49.4. The lowest BCUT2D eigenvalue weighted by Gasteiger charge is -2.36. The standard InChI is InChI=1S/C13H20F3NO4/c14-13(15,16)11(5-10-7-20-1-2-21-10)12(19)17-9-3-8(4-9)6-18/h8-11,18H,1-7H2,(H,17,19). The summed E-state index contributed by atoms with van der Waals surface area (Å²) in [7, 11) is 0. The number of nitrogens with one attached hydrogen (secondary N) is 1. The second-order valence-corrected chi connectivity index (χ2v) is 5.62. The molecule has 5 nitrogen and oxygen atoms in total. The van der Waals surface area contributed by atoms with Crippen molar-refractivity contribution in [2.75, 3.05) is 26.4 Å². The van der Waals surface area contributed by atoms with Crippen LogP contribution in [-0.2, 0) is 14.3 Å². The fraction of sp³-hybridized carbons (Fsp3) is 0.923. The summed E-state index contributed by atoms with van der Waals surface area (Å²) in [5.74, 6) is -3.02. The molecule has 2 unspecified atom stereocenters. The van der Waals surface area contributed by atoms with Gasteiger partial charge in [-0.3, -0.25) is 4.79 Å². The van der Waals surface area contributed by atoms with Gasteiger partial charge in [-0.1, -0.05) is 0 Å². The van der Waals surface area contributed by atoms with Crippen LogP contribution in [0.5, 0.6) is 0 Å². The van der Waals surface area contributed by atoms with Crippen molar-refractivity contribution in [3.8, 4) is 0 Å². The third kappa shape index (κ3) is 4.55. The van der Waals surface area contributed by atoms with Crippen LogP contribution in [0.25, 0.3) is 0 Å². The average molecular weight is 311 g/mol. The van der Waals surface area contributed by atoms with Crippen molar-refractivity contribution in [1.82, 2.24) is 5.32 Å². The fourth-order valence-corrected chi connectivity index (χ4v) is 2.63. The topological polar surface area (TPSA) is 67.8 Å². The van der Waals surface area contributed by atoms with E-state index in [1.807, 2.05) is 0 Å². The van der Waals surface area contributed by atoms with E-state index >= 15 is 0 Å². The van der Waals surface area contributed by atoms with Crippen LogP contribution in [0, 0.1) is 11.8 Å². The Bertz CT molecular complexity index is 352. The summed E-state index contributed by atoms with van der Waals surface area (Å²) >= 11 is 0. The number of halogens is 3. The van der Waals surface area contributed by atoms with Crippen LogP contribution >= 0.6 is 0 Å². The number of carbonyl (C=O) groups excluding carboxylic acids is 1. The Morgan fingerprint density at radius 3 is 2.57 bits per heavy atom. The molecule has 2 N–H and O–H groups in total. The van der Waals surface area contributed by atoms with Crippen molar-refractivity contribution in [2.24, 2.45) is 11.8 Å². The molecular formula is C13H20F3NO4. The Morgan fingerprint density at radius 2 is 2.05 bits per heavy atom. The molecule has 2 atom stereocenters. The summed E-state index contributed by atoms with van der Waals surface area (Å²) in [6, 6.07) is -0.275. The molecule has 21 heavy (non-hydrogen) atoms. The van der Waals surface area contributed by atoms with Crippen molar-refractivity contribution >= 4 is 5.91 Å². The lowest BCUT2D eigenvalue weighted by atomic mass is 9.80. The van der Waals surface area contributed by atoms with Crippen LogP contribution in [0.2, 0.25) is 0 Å². The monoisotopic (exact) mass is 311 g/mol. The van der Waals surface area contributed by atoms with Gasteiger partial charge >= 0.3 is 6.18 Å². The normalized spacial score (nSPS) is 31.3. The molecule has 2 fully saturated rings. The molecule has 1 aliphatic heterocycles. The van der Waals surface area contributed by atoms with Gasteiger partial charge in [-0.2, -0.15) is 13.2 Å². The summed E-state index contributed by atoms with van der Waals surface area (Å²) in [5, 5.41) is 11.3. The SMILES string of the molecule is O=C(NC1CC(CO)C1)C(CC1COCCO1)C(F)(F)F. The molecule has 0 bridgehead atoms. The maximum Gasteiger partial charge on any atom is 0.400 e. The average Bonchev–Trinajstić information content (AvgIpc) is 2.39. The van der Waals surface area contributed by atoms with E-state index in [9.17, 15) is 18.0 Å². The lowest BCUT2D eigenvalue weighted by molar-refractivity contribution is -0.196. The quantitative estimate of drug-likeness (QED) is 0.790. The summed E-state index contributed by atoms with van der Waals surface area (Å²) in [6.45, 7) is 0.694. The molecule has 1 saturated carbocycles. The number of carbonyl (C=O) groups is 1. The Morgan fingerprint density at radius 1 is 1.33 bits per heavy atom. The lowest BCUT2D eigenvalue weighted by Crippen LogP contribution is -2.51. The molecule has 1 saturated heterocycles. The van der Waals surface area contributed by atoms with Crippen molar-refractivity contribution in [1.29, 1.82) is 0 Å². The third-order valence-electron chi connectivity index (χ3n) is 3.94. The molecular weight excluding hydrogens is 291 g/mol. The van der Waals surface area contributed by atoms with Gasteiger partial charge in [0.15, 0.2) is 0 Å². The van der Waals surface area contributed by atoms with E-state index in [0.717, 1.165) is 0 Å². The highest BCUT2D eigenvalue weighted by Crippen LogP contribution is 2.33. The molecule has 1 aliphatic carbocycles. The first-order valence-corrected chi connectivity index (χ1v) is 7.07. The van der Waals surface area contributed by atoms with Gasteiger partial charge < -0.3 is 19.9 Å². The zero-order valence-corrected chi connectivity index (χ0v) is 11.6. The van der Waals surface area contributed by atoms with Gasteiger partial charge in [0, 0.05) is 12.6 Å². The second kappa shape index (κ2) is 6.93. The molecule has 0 aromatic heterocycles. The summed E-state index contributed by atoms with van der Waals surface area (Å²) in [4.78, 5) is 11.9. The maximum atomic E-state index is 13.0.